The molecule has 0 radical (unpaired) electrons. The average molecular weight is 265 g/mol. The Morgan fingerprint density at radius 3 is 2.25 bits per heavy atom. The van der Waals surface area contributed by atoms with E-state index in [1.807, 2.05) is 24.3 Å². The second-order valence-corrected chi connectivity index (χ2v) is 4.40. The summed E-state index contributed by atoms with van der Waals surface area (Å²) >= 11 is 0. The first-order chi connectivity index (χ1) is 9.65. The van der Waals surface area contributed by atoms with Crippen molar-refractivity contribution in [3.8, 4) is 0 Å². The number of nitrogens with zero attached hydrogens (tertiary/aromatic N) is 2. The smallest absolute Gasteiger partial charge is 0.260 e. The van der Waals surface area contributed by atoms with Gasteiger partial charge in [0.05, 0.1) is 22.1 Å². The van der Waals surface area contributed by atoms with Crippen molar-refractivity contribution in [2.75, 3.05) is 0 Å². The molecule has 2 amide bonds. The molecule has 3 rings (SSSR count). The van der Waals surface area contributed by atoms with Crippen molar-refractivity contribution >= 4 is 33.9 Å². The lowest BCUT2D eigenvalue weighted by atomic mass is 10.1. The Morgan fingerprint density at radius 2 is 1.55 bits per heavy atom. The van der Waals surface area contributed by atoms with Crippen molar-refractivity contribution in [2.45, 2.75) is 6.92 Å². The number of carbonyl (C=O) groups excluding carboxylic acids is 2. The maximum atomic E-state index is 12.0. The topological polar surface area (TPSA) is 72.0 Å². The molecule has 1 heterocycles. The largest absolute Gasteiger partial charge is 0.292 e. The Bertz CT molecular complexity index is 843. The van der Waals surface area contributed by atoms with Crippen LogP contribution in [0.5, 0.6) is 0 Å². The maximum absolute atomic E-state index is 12.0. The highest BCUT2D eigenvalue weighted by molar-refractivity contribution is 6.11. The van der Waals surface area contributed by atoms with Crippen LogP contribution < -0.4 is 5.32 Å². The van der Waals surface area contributed by atoms with Gasteiger partial charge in [-0.25, -0.2) is 9.97 Å². The number of amides is 2. The fraction of sp³-hybridized carbons (Fsp3) is 0.0667. The van der Waals surface area contributed by atoms with Gasteiger partial charge in [0, 0.05) is 6.92 Å². The minimum absolute atomic E-state index is 0.343. The highest BCUT2D eigenvalue weighted by atomic mass is 16.2. The number of hydrogen-bond donors (Lipinski definition) is 1. The summed E-state index contributed by atoms with van der Waals surface area (Å²) in [4.78, 5) is 32.0. The molecule has 0 spiro atoms. The molecule has 0 unspecified atom stereocenters. The zero-order valence-electron chi connectivity index (χ0n) is 10.8. The van der Waals surface area contributed by atoms with Crippen LogP contribution >= 0.6 is 0 Å². The lowest BCUT2D eigenvalue weighted by Crippen LogP contribution is -2.28. The molecule has 3 aromatic rings. The van der Waals surface area contributed by atoms with Crippen LogP contribution in [0, 0.1) is 0 Å². The van der Waals surface area contributed by atoms with Gasteiger partial charge in [-0.1, -0.05) is 18.2 Å². The molecule has 0 fully saturated rings. The van der Waals surface area contributed by atoms with Crippen molar-refractivity contribution < 1.29 is 9.59 Å². The monoisotopic (exact) mass is 265 g/mol. The van der Waals surface area contributed by atoms with Gasteiger partial charge in [0.1, 0.15) is 5.52 Å². The van der Waals surface area contributed by atoms with Crippen LogP contribution in [0.15, 0.2) is 42.5 Å². The first-order valence-electron chi connectivity index (χ1n) is 6.12. The molecule has 1 aromatic heterocycles. The molecular formula is C15H11N3O2. The van der Waals surface area contributed by atoms with Crippen LogP contribution in [0.2, 0.25) is 0 Å². The van der Waals surface area contributed by atoms with E-state index < -0.39 is 11.8 Å². The first-order valence-corrected chi connectivity index (χ1v) is 6.12. The molecule has 0 aliphatic carbocycles. The lowest BCUT2D eigenvalue weighted by molar-refractivity contribution is -0.118. The standard InChI is InChI=1S/C15H11N3O2/c1-9(19)16-15(20)10-5-4-8-13-14(10)18-12-7-3-2-6-11(12)17-13/h2-8H,1H3,(H,16,19,20). The van der Waals surface area contributed by atoms with Crippen molar-refractivity contribution in [1.82, 2.24) is 15.3 Å². The zero-order valence-corrected chi connectivity index (χ0v) is 10.8. The molecule has 0 aliphatic heterocycles. The van der Waals surface area contributed by atoms with Crippen molar-refractivity contribution in [3.63, 3.8) is 0 Å². The lowest BCUT2D eigenvalue weighted by Gasteiger charge is -2.06. The van der Waals surface area contributed by atoms with Crippen LogP contribution in [0.25, 0.3) is 22.1 Å². The number of para-hydroxylation sites is 3. The van der Waals surface area contributed by atoms with Gasteiger partial charge in [0.25, 0.3) is 5.91 Å². The molecule has 0 saturated heterocycles. The SMILES string of the molecule is CC(=O)NC(=O)c1cccc2nc3ccccc3nc12. The predicted molar refractivity (Wildman–Crippen MR) is 75.2 cm³/mol. The third-order valence-corrected chi connectivity index (χ3v) is 2.90. The molecular weight excluding hydrogens is 254 g/mol. The summed E-state index contributed by atoms with van der Waals surface area (Å²) in [5, 5.41) is 2.25. The van der Waals surface area contributed by atoms with Gasteiger partial charge in [0.2, 0.25) is 5.91 Å². The third kappa shape index (κ3) is 2.09. The quantitative estimate of drug-likeness (QED) is 0.683. The average Bonchev–Trinajstić information content (AvgIpc) is 2.43. The molecule has 0 bridgehead atoms. The predicted octanol–water partition coefficient (Wildman–Crippen LogP) is 2.06. The van der Waals surface area contributed by atoms with Crippen LogP contribution in [-0.2, 0) is 4.79 Å². The summed E-state index contributed by atoms with van der Waals surface area (Å²) < 4.78 is 0. The minimum atomic E-state index is -0.465. The van der Waals surface area contributed by atoms with Crippen molar-refractivity contribution in [2.24, 2.45) is 0 Å². The Balaban J connectivity index is 2.25. The fourth-order valence-corrected chi connectivity index (χ4v) is 2.05. The number of benzene rings is 2. The first kappa shape index (κ1) is 12.2. The summed E-state index contributed by atoms with van der Waals surface area (Å²) in [6.45, 7) is 1.30. The number of imide groups is 1. The Labute approximate surface area is 114 Å². The zero-order chi connectivity index (χ0) is 14.1. The van der Waals surface area contributed by atoms with E-state index in [-0.39, 0.29) is 0 Å². The highest BCUT2D eigenvalue weighted by Gasteiger charge is 2.13. The summed E-state index contributed by atoms with van der Waals surface area (Å²) in [6, 6.07) is 12.6. The van der Waals surface area contributed by atoms with E-state index in [9.17, 15) is 9.59 Å². The van der Waals surface area contributed by atoms with E-state index in [4.69, 9.17) is 0 Å². The molecule has 98 valence electrons. The number of hydrogen-bond acceptors (Lipinski definition) is 4. The third-order valence-electron chi connectivity index (χ3n) is 2.90. The Kier molecular flexibility index (Phi) is 2.87. The molecule has 0 saturated carbocycles. The molecule has 0 atom stereocenters. The van der Waals surface area contributed by atoms with Gasteiger partial charge < -0.3 is 0 Å². The fourth-order valence-electron chi connectivity index (χ4n) is 2.05. The van der Waals surface area contributed by atoms with Gasteiger partial charge in [-0.05, 0) is 24.3 Å². The number of aromatic nitrogens is 2. The number of rotatable bonds is 1. The van der Waals surface area contributed by atoms with Crippen LogP contribution in [-0.4, -0.2) is 21.8 Å². The van der Waals surface area contributed by atoms with E-state index in [2.05, 4.69) is 15.3 Å². The number of nitrogens with one attached hydrogen (secondary N) is 1. The van der Waals surface area contributed by atoms with Crippen LogP contribution in [0.3, 0.4) is 0 Å². The van der Waals surface area contributed by atoms with E-state index in [0.717, 1.165) is 5.52 Å². The summed E-state index contributed by atoms with van der Waals surface area (Å²) in [5.41, 5.74) is 2.94. The minimum Gasteiger partial charge on any atom is -0.292 e. The molecule has 20 heavy (non-hydrogen) atoms. The Hall–Kier alpha value is -2.82. The second-order valence-electron chi connectivity index (χ2n) is 4.40. The van der Waals surface area contributed by atoms with Crippen LogP contribution in [0.4, 0.5) is 0 Å². The van der Waals surface area contributed by atoms with Crippen molar-refractivity contribution in [3.05, 3.63) is 48.0 Å². The van der Waals surface area contributed by atoms with Gasteiger partial charge >= 0.3 is 0 Å². The van der Waals surface area contributed by atoms with Gasteiger partial charge in [0.15, 0.2) is 0 Å². The summed E-state index contributed by atoms with van der Waals surface area (Å²) in [6.07, 6.45) is 0. The van der Waals surface area contributed by atoms with E-state index >= 15 is 0 Å². The molecule has 5 nitrogen and oxygen atoms in total. The molecule has 5 heteroatoms. The highest BCUT2D eigenvalue weighted by Crippen LogP contribution is 2.19. The van der Waals surface area contributed by atoms with Crippen molar-refractivity contribution in [1.29, 1.82) is 0 Å². The van der Waals surface area contributed by atoms with E-state index in [1.54, 1.807) is 18.2 Å². The summed E-state index contributed by atoms with van der Waals surface area (Å²) in [7, 11) is 0. The van der Waals surface area contributed by atoms with Gasteiger partial charge in [-0.15, -0.1) is 0 Å². The van der Waals surface area contributed by atoms with Gasteiger partial charge in [-0.3, -0.25) is 14.9 Å². The number of carbonyl (C=O) groups is 2. The number of fused-ring (bicyclic) bond motifs is 2. The van der Waals surface area contributed by atoms with Crippen LogP contribution in [0.1, 0.15) is 17.3 Å². The Morgan fingerprint density at radius 1 is 0.900 bits per heavy atom. The normalized spacial score (nSPS) is 10.7. The van der Waals surface area contributed by atoms with Gasteiger partial charge in [-0.2, -0.15) is 0 Å². The summed E-state index contributed by atoms with van der Waals surface area (Å²) in [5.74, 6) is -0.867. The molecule has 0 aliphatic rings. The van der Waals surface area contributed by atoms with E-state index in [0.29, 0.717) is 22.1 Å². The van der Waals surface area contributed by atoms with E-state index in [1.165, 1.54) is 6.92 Å². The second kappa shape index (κ2) is 4.70. The molecule has 1 N–H and O–H groups in total. The maximum Gasteiger partial charge on any atom is 0.260 e. The molecule has 2 aromatic carbocycles.